The molecule has 128 valence electrons. The summed E-state index contributed by atoms with van der Waals surface area (Å²) in [5.74, 6) is -0.647. The van der Waals surface area contributed by atoms with Gasteiger partial charge in [-0.15, -0.1) is 0 Å². The predicted molar refractivity (Wildman–Crippen MR) is 89.7 cm³/mol. The number of nitrogens with zero attached hydrogens (tertiary/aromatic N) is 1. The van der Waals surface area contributed by atoms with Gasteiger partial charge in [-0.05, 0) is 19.1 Å². The maximum absolute atomic E-state index is 12.2. The summed E-state index contributed by atoms with van der Waals surface area (Å²) in [7, 11) is 0. The van der Waals surface area contributed by atoms with E-state index in [0.29, 0.717) is 0 Å². The number of carbonyl (C=O) groups excluding carboxylic acids is 1. The molecule has 3 rings (SSSR count). The first-order valence-corrected chi connectivity index (χ1v) is 7.38. The van der Waals surface area contributed by atoms with Crippen molar-refractivity contribution in [2.45, 2.75) is 6.92 Å². The van der Waals surface area contributed by atoms with Gasteiger partial charge in [-0.2, -0.15) is 0 Å². The molecule has 0 aliphatic rings. The van der Waals surface area contributed by atoms with E-state index in [-0.39, 0.29) is 46.2 Å². The van der Waals surface area contributed by atoms with Crippen LogP contribution < -0.4 is 10.7 Å². The Balaban J connectivity index is 2.19. The number of fused-ring (bicyclic) bond motifs is 1. The van der Waals surface area contributed by atoms with Crippen molar-refractivity contribution in [3.05, 3.63) is 46.8 Å². The number of ether oxygens (including phenoxy) is 1. The van der Waals surface area contributed by atoms with Crippen molar-refractivity contribution in [3.63, 3.8) is 0 Å². The Morgan fingerprint density at radius 3 is 2.88 bits per heavy atom. The third-order valence-electron chi connectivity index (χ3n) is 3.35. The molecule has 8 nitrogen and oxygen atoms in total. The lowest BCUT2D eigenvalue weighted by molar-refractivity contribution is 0.168. The highest BCUT2D eigenvalue weighted by Gasteiger charge is 2.19. The molecule has 25 heavy (non-hydrogen) atoms. The van der Waals surface area contributed by atoms with E-state index in [1.807, 2.05) is 0 Å². The summed E-state index contributed by atoms with van der Waals surface area (Å²) >= 11 is 0. The van der Waals surface area contributed by atoms with Crippen LogP contribution in [0.25, 0.3) is 22.4 Å². The Kier molecular flexibility index (Phi) is 4.25. The number of carbonyl (C=O) groups is 1. The topological polar surface area (TPSA) is 122 Å². The molecule has 0 aliphatic carbocycles. The molecule has 0 bridgehead atoms. The van der Waals surface area contributed by atoms with Gasteiger partial charge in [0, 0.05) is 24.4 Å². The van der Waals surface area contributed by atoms with Crippen LogP contribution in [-0.4, -0.2) is 27.9 Å². The molecule has 0 fully saturated rings. The summed E-state index contributed by atoms with van der Waals surface area (Å²) in [5.41, 5.74) is 0.0198. The van der Waals surface area contributed by atoms with Crippen LogP contribution >= 0.6 is 0 Å². The molecular formula is C17H14N2O6. The van der Waals surface area contributed by atoms with E-state index in [0.717, 1.165) is 12.1 Å². The second-order valence-corrected chi connectivity index (χ2v) is 5.06. The van der Waals surface area contributed by atoms with Crippen LogP contribution in [0.3, 0.4) is 0 Å². The second kappa shape index (κ2) is 6.52. The molecule has 3 aromatic rings. The first-order chi connectivity index (χ1) is 12.0. The van der Waals surface area contributed by atoms with E-state index >= 15 is 0 Å². The number of nitrogens with one attached hydrogen (secondary N) is 1. The predicted octanol–water partition coefficient (Wildman–Crippen LogP) is 2.83. The van der Waals surface area contributed by atoms with Gasteiger partial charge in [0.25, 0.3) is 0 Å². The summed E-state index contributed by atoms with van der Waals surface area (Å²) in [6.45, 7) is 1.78. The first kappa shape index (κ1) is 16.3. The number of hydrogen-bond donors (Lipinski definition) is 3. The maximum atomic E-state index is 12.2. The van der Waals surface area contributed by atoms with Gasteiger partial charge < -0.3 is 19.4 Å². The number of pyridine rings is 1. The molecule has 0 aliphatic heterocycles. The van der Waals surface area contributed by atoms with Gasteiger partial charge in [-0.1, -0.05) is 0 Å². The minimum absolute atomic E-state index is 0.00907. The van der Waals surface area contributed by atoms with Gasteiger partial charge in [0.1, 0.15) is 17.3 Å². The van der Waals surface area contributed by atoms with Crippen LogP contribution in [0, 0.1) is 0 Å². The number of amides is 1. The standard InChI is InChI=1S/C17H14N2O6/c1-2-24-17(23)19-10-6-9(20)7-11(21)15(10)14-8-12(22)16-13(25-14)4-3-5-18-16/h3-8,20-21H,2H2,1H3,(H,19,23). The highest BCUT2D eigenvalue weighted by atomic mass is 16.5. The van der Waals surface area contributed by atoms with Crippen molar-refractivity contribution < 1.29 is 24.2 Å². The van der Waals surface area contributed by atoms with Crippen molar-refractivity contribution in [3.8, 4) is 22.8 Å². The smallest absolute Gasteiger partial charge is 0.411 e. The molecule has 0 saturated carbocycles. The van der Waals surface area contributed by atoms with E-state index in [2.05, 4.69) is 10.3 Å². The van der Waals surface area contributed by atoms with Gasteiger partial charge in [-0.3, -0.25) is 10.1 Å². The molecule has 2 heterocycles. The van der Waals surface area contributed by atoms with Crippen molar-refractivity contribution in [1.82, 2.24) is 4.98 Å². The van der Waals surface area contributed by atoms with E-state index in [1.165, 1.54) is 12.3 Å². The summed E-state index contributed by atoms with van der Waals surface area (Å²) in [6.07, 6.45) is 0.684. The monoisotopic (exact) mass is 342 g/mol. The number of anilines is 1. The van der Waals surface area contributed by atoms with Crippen LogP contribution in [0.5, 0.6) is 11.5 Å². The molecule has 0 spiro atoms. The average Bonchev–Trinajstić information content (AvgIpc) is 2.54. The molecule has 0 saturated heterocycles. The maximum Gasteiger partial charge on any atom is 0.411 e. The zero-order chi connectivity index (χ0) is 18.0. The number of phenolic OH excluding ortho intramolecular Hbond substituents is 2. The van der Waals surface area contributed by atoms with E-state index in [4.69, 9.17) is 9.15 Å². The van der Waals surface area contributed by atoms with Crippen LogP contribution in [0.2, 0.25) is 0 Å². The van der Waals surface area contributed by atoms with Crippen molar-refractivity contribution in [1.29, 1.82) is 0 Å². The summed E-state index contributed by atoms with van der Waals surface area (Å²) in [4.78, 5) is 27.9. The number of phenols is 2. The van der Waals surface area contributed by atoms with Gasteiger partial charge in [0.15, 0.2) is 11.1 Å². The molecule has 0 unspecified atom stereocenters. The van der Waals surface area contributed by atoms with Crippen molar-refractivity contribution in [2.75, 3.05) is 11.9 Å². The Morgan fingerprint density at radius 2 is 2.12 bits per heavy atom. The largest absolute Gasteiger partial charge is 0.508 e. The SMILES string of the molecule is CCOC(=O)Nc1cc(O)cc(O)c1-c1cc(=O)c2ncccc2o1. The third-order valence-corrected chi connectivity index (χ3v) is 3.35. The van der Waals surface area contributed by atoms with Gasteiger partial charge in [0.05, 0.1) is 17.9 Å². The Morgan fingerprint density at radius 1 is 1.32 bits per heavy atom. The molecule has 8 heteroatoms. The molecule has 3 N–H and O–H groups in total. The molecule has 2 aromatic heterocycles. The quantitative estimate of drug-likeness (QED) is 0.669. The molecule has 0 atom stereocenters. The number of aromatic hydroxyl groups is 2. The van der Waals surface area contributed by atoms with Crippen molar-refractivity contribution in [2.24, 2.45) is 0 Å². The fraction of sp³-hybridized carbons (Fsp3) is 0.118. The number of benzene rings is 1. The Labute approximate surface area is 141 Å². The van der Waals surface area contributed by atoms with E-state index in [1.54, 1.807) is 19.1 Å². The van der Waals surface area contributed by atoms with Crippen LogP contribution in [0.15, 0.2) is 45.7 Å². The number of aromatic nitrogens is 1. The average molecular weight is 342 g/mol. The lowest BCUT2D eigenvalue weighted by atomic mass is 10.1. The highest BCUT2D eigenvalue weighted by Crippen LogP contribution is 2.39. The molecule has 1 amide bonds. The minimum Gasteiger partial charge on any atom is -0.508 e. The fourth-order valence-corrected chi connectivity index (χ4v) is 2.36. The lowest BCUT2D eigenvalue weighted by Gasteiger charge is -2.13. The van der Waals surface area contributed by atoms with Gasteiger partial charge in [-0.25, -0.2) is 9.78 Å². The zero-order valence-corrected chi connectivity index (χ0v) is 13.1. The van der Waals surface area contributed by atoms with Crippen LogP contribution in [0.1, 0.15) is 6.92 Å². The van der Waals surface area contributed by atoms with Crippen LogP contribution in [0.4, 0.5) is 10.5 Å². The van der Waals surface area contributed by atoms with E-state index in [9.17, 15) is 19.8 Å². The zero-order valence-electron chi connectivity index (χ0n) is 13.1. The van der Waals surface area contributed by atoms with Gasteiger partial charge in [0.2, 0.25) is 5.43 Å². The van der Waals surface area contributed by atoms with Gasteiger partial charge >= 0.3 is 6.09 Å². The fourth-order valence-electron chi connectivity index (χ4n) is 2.36. The minimum atomic E-state index is -0.779. The summed E-state index contributed by atoms with van der Waals surface area (Å²) in [5, 5.41) is 22.3. The number of hydrogen-bond acceptors (Lipinski definition) is 7. The van der Waals surface area contributed by atoms with Crippen molar-refractivity contribution >= 4 is 22.9 Å². The lowest BCUT2D eigenvalue weighted by Crippen LogP contribution is -2.14. The molecule has 0 radical (unpaired) electrons. The summed E-state index contributed by atoms with van der Waals surface area (Å²) in [6, 6.07) is 6.59. The highest BCUT2D eigenvalue weighted by molar-refractivity contribution is 5.93. The molecular weight excluding hydrogens is 328 g/mol. The van der Waals surface area contributed by atoms with Crippen LogP contribution in [-0.2, 0) is 4.74 Å². The Bertz CT molecular complexity index is 1010. The molecule has 1 aromatic carbocycles. The first-order valence-electron chi connectivity index (χ1n) is 7.38. The Hall–Kier alpha value is -3.55. The normalized spacial score (nSPS) is 10.6. The second-order valence-electron chi connectivity index (χ2n) is 5.06. The third kappa shape index (κ3) is 3.23. The number of rotatable bonds is 3. The summed E-state index contributed by atoms with van der Waals surface area (Å²) < 4.78 is 10.4. The van der Waals surface area contributed by atoms with E-state index < -0.39 is 11.5 Å².